The van der Waals surface area contributed by atoms with Crippen LogP contribution in [0.1, 0.15) is 6.92 Å². The van der Waals surface area contributed by atoms with Gasteiger partial charge >= 0.3 is 0 Å². The predicted octanol–water partition coefficient (Wildman–Crippen LogP) is 1.47. The third-order valence-corrected chi connectivity index (χ3v) is 1.30. The molecule has 0 radical (unpaired) electrons. The Morgan fingerprint density at radius 1 is 1.75 bits per heavy atom. The lowest BCUT2D eigenvalue weighted by molar-refractivity contribution is 1.18. The van der Waals surface area contributed by atoms with Gasteiger partial charge in [0.05, 0.1) is 0 Å². The molecule has 0 aliphatic rings. The van der Waals surface area contributed by atoms with Crippen molar-refractivity contribution in [2.24, 2.45) is 0 Å². The van der Waals surface area contributed by atoms with Gasteiger partial charge in [0.2, 0.25) is 0 Å². The smallest absolute Gasteiger partial charge is 0.153 e. The Kier molecular flexibility index (Phi) is 10.2. The third-order valence-electron chi connectivity index (χ3n) is 0.516. The lowest BCUT2D eigenvalue weighted by Crippen LogP contribution is -2.12. The van der Waals surface area contributed by atoms with Crippen LogP contribution >= 0.6 is 28.7 Å². The highest BCUT2D eigenvalue weighted by molar-refractivity contribution is 8.93. The molecule has 0 aromatic rings. The van der Waals surface area contributed by atoms with Gasteiger partial charge in [0.15, 0.2) is 5.17 Å². The first kappa shape index (κ1) is 11.1. The molecule has 0 unspecified atom stereocenters. The second-order valence-electron chi connectivity index (χ2n) is 1.01. The standard InChI is InChI=1S/C4H10N2S.BrH/c1-3-7-4(5)6-2;/h3H2,1-2H3,(H2,5,6);1H. The third kappa shape index (κ3) is 6.30. The van der Waals surface area contributed by atoms with E-state index in [1.54, 1.807) is 7.05 Å². The molecule has 0 saturated carbocycles. The zero-order valence-electron chi connectivity index (χ0n) is 5.02. The van der Waals surface area contributed by atoms with Gasteiger partial charge in [-0.05, 0) is 5.75 Å². The average molecular weight is 199 g/mol. The molecule has 0 aromatic heterocycles. The van der Waals surface area contributed by atoms with Crippen LogP contribution in [-0.2, 0) is 0 Å². The summed E-state index contributed by atoms with van der Waals surface area (Å²) >= 11 is 1.50. The van der Waals surface area contributed by atoms with Crippen molar-refractivity contribution < 1.29 is 0 Å². The number of thioether (sulfide) groups is 1. The molecule has 0 heterocycles. The van der Waals surface area contributed by atoms with E-state index in [0.717, 1.165) is 5.75 Å². The number of halogens is 1. The lowest BCUT2D eigenvalue weighted by Gasteiger charge is -1.95. The highest BCUT2D eigenvalue weighted by Gasteiger charge is 1.85. The molecule has 8 heavy (non-hydrogen) atoms. The second-order valence-corrected chi connectivity index (χ2v) is 2.29. The van der Waals surface area contributed by atoms with Crippen LogP contribution in [0.15, 0.2) is 0 Å². The van der Waals surface area contributed by atoms with Gasteiger partial charge in [0, 0.05) is 7.05 Å². The van der Waals surface area contributed by atoms with Crippen molar-refractivity contribution in [1.82, 2.24) is 5.32 Å². The second kappa shape index (κ2) is 7.30. The van der Waals surface area contributed by atoms with Gasteiger partial charge in [-0.15, -0.1) is 17.0 Å². The Hall–Kier alpha value is 0.300. The van der Waals surface area contributed by atoms with Crippen molar-refractivity contribution in [2.75, 3.05) is 12.8 Å². The molecule has 0 spiro atoms. The normalized spacial score (nSPS) is 7.25. The van der Waals surface area contributed by atoms with Crippen LogP contribution in [0.2, 0.25) is 0 Å². The Bertz CT molecular complexity index is 67.1. The summed E-state index contributed by atoms with van der Waals surface area (Å²) < 4.78 is 0. The van der Waals surface area contributed by atoms with Gasteiger partial charge in [0.1, 0.15) is 0 Å². The Morgan fingerprint density at radius 2 is 2.25 bits per heavy atom. The van der Waals surface area contributed by atoms with Crippen LogP contribution in [-0.4, -0.2) is 18.0 Å². The molecule has 0 aromatic carbocycles. The largest absolute Gasteiger partial charge is 0.368 e. The molecule has 0 atom stereocenters. The van der Waals surface area contributed by atoms with E-state index < -0.39 is 0 Å². The van der Waals surface area contributed by atoms with E-state index in [1.165, 1.54) is 11.8 Å². The van der Waals surface area contributed by atoms with Gasteiger partial charge in [0.25, 0.3) is 0 Å². The molecule has 2 nitrogen and oxygen atoms in total. The summed E-state index contributed by atoms with van der Waals surface area (Å²) in [7, 11) is 1.75. The molecular weight excluding hydrogens is 188 g/mol. The van der Waals surface area contributed by atoms with Gasteiger partial charge in [-0.1, -0.05) is 18.7 Å². The number of rotatable bonds is 1. The van der Waals surface area contributed by atoms with E-state index in [2.05, 4.69) is 5.32 Å². The zero-order valence-corrected chi connectivity index (χ0v) is 7.55. The van der Waals surface area contributed by atoms with E-state index in [9.17, 15) is 0 Å². The van der Waals surface area contributed by atoms with Crippen molar-refractivity contribution in [3.05, 3.63) is 0 Å². The summed E-state index contributed by atoms with van der Waals surface area (Å²) in [5, 5.41) is 10.2. The quantitative estimate of drug-likeness (QED) is 0.495. The van der Waals surface area contributed by atoms with E-state index in [-0.39, 0.29) is 17.0 Å². The zero-order chi connectivity index (χ0) is 5.70. The highest BCUT2D eigenvalue weighted by atomic mass is 79.9. The van der Waals surface area contributed by atoms with Gasteiger partial charge in [-0.2, -0.15) is 0 Å². The Morgan fingerprint density at radius 3 is 2.38 bits per heavy atom. The molecule has 0 aliphatic heterocycles. The molecule has 0 aliphatic carbocycles. The van der Waals surface area contributed by atoms with Crippen molar-refractivity contribution in [2.45, 2.75) is 6.92 Å². The minimum atomic E-state index is 0. The van der Waals surface area contributed by atoms with Gasteiger partial charge in [-0.25, -0.2) is 0 Å². The number of hydrogen-bond donors (Lipinski definition) is 2. The minimum absolute atomic E-state index is 0. The van der Waals surface area contributed by atoms with E-state index in [1.807, 2.05) is 6.92 Å². The predicted molar refractivity (Wildman–Crippen MR) is 45.2 cm³/mol. The number of amidine groups is 1. The minimum Gasteiger partial charge on any atom is -0.368 e. The molecule has 0 amide bonds. The van der Waals surface area contributed by atoms with Crippen LogP contribution < -0.4 is 5.32 Å². The lowest BCUT2D eigenvalue weighted by atomic mass is 11.0. The fraction of sp³-hybridized carbons (Fsp3) is 0.750. The maximum Gasteiger partial charge on any atom is 0.153 e. The first-order valence-electron chi connectivity index (χ1n) is 2.20. The van der Waals surface area contributed by atoms with Crippen LogP contribution in [0.4, 0.5) is 0 Å². The maximum atomic E-state index is 6.99. The van der Waals surface area contributed by atoms with Crippen LogP contribution in [0, 0.1) is 5.41 Å². The molecule has 2 N–H and O–H groups in total. The van der Waals surface area contributed by atoms with Crippen molar-refractivity contribution in [3.8, 4) is 0 Å². The van der Waals surface area contributed by atoms with E-state index >= 15 is 0 Å². The van der Waals surface area contributed by atoms with Gasteiger partial charge < -0.3 is 5.32 Å². The summed E-state index contributed by atoms with van der Waals surface area (Å²) in [5.41, 5.74) is 0. The van der Waals surface area contributed by atoms with E-state index in [0.29, 0.717) is 5.17 Å². The molecule has 0 fully saturated rings. The maximum absolute atomic E-state index is 6.99. The summed E-state index contributed by atoms with van der Waals surface area (Å²) in [5.74, 6) is 0.972. The number of hydrogen-bond acceptors (Lipinski definition) is 2. The van der Waals surface area contributed by atoms with Crippen LogP contribution in [0.5, 0.6) is 0 Å². The SMILES string of the molecule is Br.CCSC(=N)NC. The van der Waals surface area contributed by atoms with Crippen LogP contribution in [0.25, 0.3) is 0 Å². The highest BCUT2D eigenvalue weighted by Crippen LogP contribution is 1.95. The fourth-order valence-electron chi connectivity index (χ4n) is 0.217. The summed E-state index contributed by atoms with van der Waals surface area (Å²) in [4.78, 5) is 0. The Balaban J connectivity index is 0. The van der Waals surface area contributed by atoms with Crippen LogP contribution in [0.3, 0.4) is 0 Å². The molecule has 0 rings (SSSR count). The van der Waals surface area contributed by atoms with Gasteiger partial charge in [-0.3, -0.25) is 5.41 Å². The summed E-state index contributed by atoms with van der Waals surface area (Å²) in [6, 6.07) is 0. The molecule has 4 heteroatoms. The monoisotopic (exact) mass is 198 g/mol. The molecule has 0 saturated heterocycles. The van der Waals surface area contributed by atoms with Crippen molar-refractivity contribution in [1.29, 1.82) is 5.41 Å². The molecule has 0 bridgehead atoms. The summed E-state index contributed by atoms with van der Waals surface area (Å²) in [6.07, 6.45) is 0. The topological polar surface area (TPSA) is 35.9 Å². The fourth-order valence-corrected chi connectivity index (χ4v) is 0.650. The van der Waals surface area contributed by atoms with E-state index in [4.69, 9.17) is 5.41 Å². The molecular formula is C4H11BrN2S. The average Bonchev–Trinajstić information content (AvgIpc) is 1.68. The first-order valence-corrected chi connectivity index (χ1v) is 3.19. The Labute approximate surface area is 64.7 Å². The first-order chi connectivity index (χ1) is 3.31. The molecule has 50 valence electrons. The van der Waals surface area contributed by atoms with Crippen molar-refractivity contribution in [3.63, 3.8) is 0 Å². The summed E-state index contributed by atoms with van der Waals surface area (Å²) in [6.45, 7) is 2.02. The number of nitrogens with one attached hydrogen (secondary N) is 2. The van der Waals surface area contributed by atoms with Crippen molar-refractivity contribution >= 4 is 33.9 Å².